The SMILES string of the molecule is CC.Cc1ccc(Nc2c(C(=O)O)cc(C)c(F)c2F)c(C)c1. The van der Waals surface area contributed by atoms with E-state index in [0.717, 1.165) is 17.2 Å². The van der Waals surface area contributed by atoms with Gasteiger partial charge in [0.05, 0.1) is 11.3 Å². The Labute approximate surface area is 135 Å². The molecule has 5 heteroatoms. The molecule has 0 saturated heterocycles. The molecule has 0 aliphatic carbocycles. The van der Waals surface area contributed by atoms with Gasteiger partial charge in [-0.05, 0) is 44.0 Å². The van der Waals surface area contributed by atoms with Gasteiger partial charge in [-0.2, -0.15) is 0 Å². The first-order valence-corrected chi connectivity index (χ1v) is 7.37. The summed E-state index contributed by atoms with van der Waals surface area (Å²) in [4.78, 5) is 11.2. The van der Waals surface area contributed by atoms with Crippen LogP contribution in [0, 0.1) is 32.4 Å². The highest BCUT2D eigenvalue weighted by molar-refractivity contribution is 5.95. The number of anilines is 2. The van der Waals surface area contributed by atoms with Crippen LogP contribution in [-0.4, -0.2) is 11.1 Å². The van der Waals surface area contributed by atoms with Crippen LogP contribution in [0.2, 0.25) is 0 Å². The minimum absolute atomic E-state index is 0.0453. The van der Waals surface area contributed by atoms with Crippen molar-refractivity contribution in [1.29, 1.82) is 0 Å². The van der Waals surface area contributed by atoms with E-state index >= 15 is 0 Å². The lowest BCUT2D eigenvalue weighted by Gasteiger charge is -2.15. The fraction of sp³-hybridized carbons (Fsp3) is 0.278. The van der Waals surface area contributed by atoms with E-state index in [1.54, 1.807) is 19.1 Å². The average Bonchev–Trinajstić information content (AvgIpc) is 2.51. The molecule has 0 radical (unpaired) electrons. The van der Waals surface area contributed by atoms with E-state index in [1.807, 2.05) is 26.8 Å². The predicted molar refractivity (Wildman–Crippen MR) is 88.6 cm³/mol. The molecule has 2 rings (SSSR count). The molecule has 0 spiro atoms. The molecule has 2 aromatic carbocycles. The van der Waals surface area contributed by atoms with Crippen molar-refractivity contribution >= 4 is 17.3 Å². The summed E-state index contributed by atoms with van der Waals surface area (Å²) in [5.74, 6) is -3.55. The number of aromatic carboxylic acids is 1. The highest BCUT2D eigenvalue weighted by Crippen LogP contribution is 2.30. The van der Waals surface area contributed by atoms with Crippen LogP contribution in [0.3, 0.4) is 0 Å². The van der Waals surface area contributed by atoms with Crippen LogP contribution in [0.15, 0.2) is 24.3 Å². The van der Waals surface area contributed by atoms with E-state index in [9.17, 15) is 13.6 Å². The van der Waals surface area contributed by atoms with Crippen molar-refractivity contribution < 1.29 is 18.7 Å². The van der Waals surface area contributed by atoms with Crippen molar-refractivity contribution in [3.63, 3.8) is 0 Å². The maximum absolute atomic E-state index is 14.1. The molecule has 0 unspecified atom stereocenters. The monoisotopic (exact) mass is 321 g/mol. The molecule has 0 atom stereocenters. The number of carboxylic acid groups (broad SMARTS) is 1. The summed E-state index contributed by atoms with van der Waals surface area (Å²) in [6.45, 7) is 9.04. The summed E-state index contributed by atoms with van der Waals surface area (Å²) in [6, 6.07) is 6.49. The first-order valence-electron chi connectivity index (χ1n) is 7.37. The van der Waals surface area contributed by atoms with Gasteiger partial charge in [-0.1, -0.05) is 31.5 Å². The topological polar surface area (TPSA) is 49.3 Å². The Morgan fingerprint density at radius 1 is 1.00 bits per heavy atom. The van der Waals surface area contributed by atoms with E-state index in [-0.39, 0.29) is 16.8 Å². The number of halogens is 2. The zero-order valence-electron chi connectivity index (χ0n) is 13.9. The molecule has 0 aromatic heterocycles. The van der Waals surface area contributed by atoms with Gasteiger partial charge < -0.3 is 10.4 Å². The predicted octanol–water partition coefficient (Wildman–Crippen LogP) is 5.36. The number of rotatable bonds is 3. The summed E-state index contributed by atoms with van der Waals surface area (Å²) in [7, 11) is 0. The zero-order chi connectivity index (χ0) is 17.7. The summed E-state index contributed by atoms with van der Waals surface area (Å²) in [6.07, 6.45) is 0. The molecule has 0 heterocycles. The molecule has 2 N–H and O–H groups in total. The first-order chi connectivity index (χ1) is 10.8. The quantitative estimate of drug-likeness (QED) is 0.800. The Kier molecular flexibility index (Phi) is 6.25. The Bertz CT molecular complexity index is 727. The van der Waals surface area contributed by atoms with Crippen molar-refractivity contribution in [2.75, 3.05) is 5.32 Å². The van der Waals surface area contributed by atoms with E-state index in [4.69, 9.17) is 5.11 Å². The largest absolute Gasteiger partial charge is 0.478 e. The highest BCUT2D eigenvalue weighted by Gasteiger charge is 2.21. The van der Waals surface area contributed by atoms with Crippen molar-refractivity contribution in [3.05, 3.63) is 58.2 Å². The molecule has 0 bridgehead atoms. The van der Waals surface area contributed by atoms with Crippen LogP contribution in [0.4, 0.5) is 20.2 Å². The van der Waals surface area contributed by atoms with Gasteiger partial charge >= 0.3 is 5.97 Å². The van der Waals surface area contributed by atoms with E-state index < -0.39 is 17.6 Å². The number of nitrogens with one attached hydrogen (secondary N) is 1. The summed E-state index contributed by atoms with van der Waals surface area (Å²) >= 11 is 0. The van der Waals surface area contributed by atoms with Crippen LogP contribution in [0.1, 0.15) is 40.9 Å². The first kappa shape index (κ1) is 18.6. The fourth-order valence-electron chi connectivity index (χ4n) is 2.13. The summed E-state index contributed by atoms with van der Waals surface area (Å²) in [5.41, 5.74) is 1.66. The van der Waals surface area contributed by atoms with Crippen molar-refractivity contribution in [2.24, 2.45) is 0 Å². The second-order valence-corrected chi connectivity index (χ2v) is 4.99. The molecule has 2 aromatic rings. The van der Waals surface area contributed by atoms with Crippen LogP contribution in [0.5, 0.6) is 0 Å². The van der Waals surface area contributed by atoms with Gasteiger partial charge in [0.1, 0.15) is 0 Å². The third kappa shape index (κ3) is 4.06. The van der Waals surface area contributed by atoms with Gasteiger partial charge in [0.15, 0.2) is 11.6 Å². The molecule has 0 aliphatic heterocycles. The molecule has 23 heavy (non-hydrogen) atoms. The summed E-state index contributed by atoms with van der Waals surface area (Å²) < 4.78 is 27.8. The number of hydrogen-bond acceptors (Lipinski definition) is 2. The molecular formula is C18H21F2NO2. The molecule has 0 amide bonds. The maximum Gasteiger partial charge on any atom is 0.337 e. The molecule has 0 fully saturated rings. The Morgan fingerprint density at radius 3 is 2.13 bits per heavy atom. The van der Waals surface area contributed by atoms with Gasteiger partial charge in [0.25, 0.3) is 0 Å². The lowest BCUT2D eigenvalue weighted by Crippen LogP contribution is -2.08. The van der Waals surface area contributed by atoms with Gasteiger partial charge in [-0.25, -0.2) is 13.6 Å². The van der Waals surface area contributed by atoms with Crippen LogP contribution in [-0.2, 0) is 0 Å². The second kappa shape index (κ2) is 7.72. The lowest BCUT2D eigenvalue weighted by molar-refractivity contribution is 0.0697. The van der Waals surface area contributed by atoms with E-state index in [1.165, 1.54) is 6.92 Å². The Hall–Kier alpha value is -2.43. The normalized spacial score (nSPS) is 9.87. The van der Waals surface area contributed by atoms with E-state index in [2.05, 4.69) is 5.32 Å². The third-order valence-electron chi connectivity index (χ3n) is 3.26. The number of benzene rings is 2. The smallest absolute Gasteiger partial charge is 0.337 e. The van der Waals surface area contributed by atoms with Gasteiger partial charge in [0, 0.05) is 5.69 Å². The van der Waals surface area contributed by atoms with Crippen molar-refractivity contribution in [3.8, 4) is 0 Å². The number of carbonyl (C=O) groups is 1. The van der Waals surface area contributed by atoms with Crippen LogP contribution in [0.25, 0.3) is 0 Å². The Morgan fingerprint density at radius 2 is 1.61 bits per heavy atom. The van der Waals surface area contributed by atoms with Gasteiger partial charge in [-0.3, -0.25) is 0 Å². The maximum atomic E-state index is 14.1. The summed E-state index contributed by atoms with van der Waals surface area (Å²) in [5, 5.41) is 11.9. The standard InChI is InChI=1S/C16H15F2NO2.C2H6/c1-8-4-5-12(9(2)6-8)19-15-11(16(20)21)7-10(3)13(17)14(15)18;1-2/h4-7,19H,1-3H3,(H,20,21);1-2H3. The van der Waals surface area contributed by atoms with Crippen molar-refractivity contribution in [2.45, 2.75) is 34.6 Å². The van der Waals surface area contributed by atoms with Crippen molar-refractivity contribution in [1.82, 2.24) is 0 Å². The highest BCUT2D eigenvalue weighted by atomic mass is 19.2. The van der Waals surface area contributed by atoms with Gasteiger partial charge in [0.2, 0.25) is 0 Å². The third-order valence-corrected chi connectivity index (χ3v) is 3.26. The number of hydrogen-bond donors (Lipinski definition) is 2. The average molecular weight is 321 g/mol. The van der Waals surface area contributed by atoms with E-state index in [0.29, 0.717) is 5.69 Å². The molecule has 3 nitrogen and oxygen atoms in total. The van der Waals surface area contributed by atoms with Crippen LogP contribution < -0.4 is 5.32 Å². The fourth-order valence-corrected chi connectivity index (χ4v) is 2.13. The molecular weight excluding hydrogens is 300 g/mol. The zero-order valence-corrected chi connectivity index (χ0v) is 13.9. The minimum atomic E-state index is -1.32. The minimum Gasteiger partial charge on any atom is -0.478 e. The lowest BCUT2D eigenvalue weighted by atomic mass is 10.1. The molecule has 0 saturated carbocycles. The van der Waals surface area contributed by atoms with Gasteiger partial charge in [-0.15, -0.1) is 0 Å². The number of carboxylic acids is 1. The molecule has 0 aliphatic rings. The molecule has 124 valence electrons. The van der Waals surface area contributed by atoms with Crippen LogP contribution >= 0.6 is 0 Å². The second-order valence-electron chi connectivity index (χ2n) is 4.99. The Balaban J connectivity index is 0.00000127. The number of aryl methyl sites for hydroxylation is 3.